The third kappa shape index (κ3) is 12.9. The van der Waals surface area contributed by atoms with E-state index in [-0.39, 0.29) is 12.5 Å². The van der Waals surface area contributed by atoms with Crippen LogP contribution in [0.5, 0.6) is 0 Å². The first kappa shape index (κ1) is 14.0. The van der Waals surface area contributed by atoms with E-state index in [0.717, 1.165) is 32.1 Å². The minimum absolute atomic E-state index is 0.173. The molecule has 1 amide bonds. The molecule has 0 saturated carbocycles. The Morgan fingerprint density at radius 1 is 1.06 bits per heavy atom. The lowest BCUT2D eigenvalue weighted by Crippen LogP contribution is -2.28. The largest absolute Gasteiger partial charge is 0.480 e. The first-order valence-corrected chi connectivity index (χ1v) is 6.44. The van der Waals surface area contributed by atoms with Gasteiger partial charge in [0.05, 0.1) is 0 Å². The number of unbranched alkanes of at least 4 members (excludes halogenated alkanes) is 7. The number of rotatable bonds is 11. The zero-order chi connectivity index (χ0) is 13.6. The number of nitrogens with one attached hydrogen (secondary N) is 1. The van der Waals surface area contributed by atoms with Gasteiger partial charge >= 0.3 is 5.97 Å². The monoisotopic (exact) mass is 244 g/mol. The van der Waals surface area contributed by atoms with E-state index >= 15 is 0 Å². The summed E-state index contributed by atoms with van der Waals surface area (Å²) in [5, 5.41) is 10.7. The van der Waals surface area contributed by atoms with Crippen LogP contribution >= 0.6 is 0 Å². The molecule has 0 spiro atoms. The van der Waals surface area contributed by atoms with Crippen LogP contribution in [-0.2, 0) is 9.59 Å². The van der Waals surface area contributed by atoms with Gasteiger partial charge < -0.3 is 10.4 Å². The van der Waals surface area contributed by atoms with Gasteiger partial charge in [0.25, 0.3) is 0 Å². The number of carboxylic acids is 1. The van der Waals surface area contributed by atoms with E-state index in [1.807, 2.05) is 0 Å². The molecule has 0 radical (unpaired) electrons. The topological polar surface area (TPSA) is 66.4 Å². The predicted molar refractivity (Wildman–Crippen MR) is 67.9 cm³/mol. The molecule has 0 unspecified atom stereocenters. The number of carboxylic acid groups (broad SMARTS) is 1. The highest BCUT2D eigenvalue weighted by Gasteiger charge is 2.02. The molecule has 0 atom stereocenters. The molecule has 4 heteroatoms. The highest BCUT2D eigenvalue weighted by Crippen LogP contribution is 2.09. The molecule has 4 nitrogen and oxygen atoms in total. The zero-order valence-corrected chi connectivity index (χ0v) is 10.5. The summed E-state index contributed by atoms with van der Waals surface area (Å²) in [7, 11) is 0. The molecular weight excluding hydrogens is 218 g/mol. The van der Waals surface area contributed by atoms with E-state index in [1.165, 1.54) is 19.3 Å². The summed E-state index contributed by atoms with van der Waals surface area (Å²) in [5.74, 6) is -1.18. The van der Waals surface area contributed by atoms with Crippen LogP contribution in [0.15, 0.2) is 0 Å². The Kier molecular flexibility index (Phi) is 9.41. The molecule has 0 bridgehead atoms. The molecule has 0 rings (SSSR count). The van der Waals surface area contributed by atoms with Crippen molar-refractivity contribution in [2.45, 2.75) is 64.7 Å². The van der Waals surface area contributed by atoms with E-state index in [2.05, 4.69) is 5.32 Å². The van der Waals surface area contributed by atoms with Gasteiger partial charge in [-0.3, -0.25) is 9.59 Å². The van der Waals surface area contributed by atoms with Crippen molar-refractivity contribution in [3.05, 3.63) is 0 Å². The van der Waals surface area contributed by atoms with E-state index < -0.39 is 5.97 Å². The van der Waals surface area contributed by atoms with E-state index in [1.54, 1.807) is 0 Å². The summed E-state index contributed by atoms with van der Waals surface area (Å²) in [6, 6.07) is 0. The van der Waals surface area contributed by atoms with Crippen LogP contribution in [0.25, 0.3) is 0 Å². The fourth-order valence-electron chi connectivity index (χ4n) is 1.61. The molecule has 100 valence electrons. The molecule has 2 N–H and O–H groups in total. The van der Waals surface area contributed by atoms with Crippen LogP contribution in [0.1, 0.15) is 66.1 Å². The van der Waals surface area contributed by atoms with E-state index in [4.69, 9.17) is 6.48 Å². The molecule has 0 aromatic carbocycles. The van der Waals surface area contributed by atoms with Crippen LogP contribution in [0.4, 0.5) is 0 Å². The van der Waals surface area contributed by atoms with Crippen molar-refractivity contribution < 1.29 is 16.1 Å². The summed E-state index contributed by atoms with van der Waals surface area (Å²) in [6.07, 6.45) is 9.18. The maximum Gasteiger partial charge on any atom is 0.322 e. The standard InChI is InChI=1S/C13H25NO3/c1-2-3-4-5-6-7-8-9-10-12(15)14-11-13(16)17/h2-11H2,1H3,(H,14,15)(H,16,17)/i1D. The van der Waals surface area contributed by atoms with Gasteiger partial charge in [-0.25, -0.2) is 0 Å². The second-order valence-electron chi connectivity index (χ2n) is 4.25. The van der Waals surface area contributed by atoms with Crippen LogP contribution in [0.2, 0.25) is 0 Å². The Labute approximate surface area is 105 Å². The Balaban J connectivity index is 3.15. The zero-order valence-electron chi connectivity index (χ0n) is 11.5. The fourth-order valence-corrected chi connectivity index (χ4v) is 1.61. The maximum absolute atomic E-state index is 11.2. The van der Waals surface area contributed by atoms with Crippen molar-refractivity contribution in [1.82, 2.24) is 5.32 Å². The van der Waals surface area contributed by atoms with Gasteiger partial charge in [0, 0.05) is 7.79 Å². The number of hydrogen-bond donors (Lipinski definition) is 2. The lowest BCUT2D eigenvalue weighted by Gasteiger charge is -2.02. The summed E-state index contributed by atoms with van der Waals surface area (Å²) in [6.45, 7) is 0.250. The molecule has 0 aliphatic rings. The number of aliphatic carboxylic acids is 1. The van der Waals surface area contributed by atoms with Crippen LogP contribution in [0.3, 0.4) is 0 Å². The van der Waals surface area contributed by atoms with Gasteiger partial charge in [-0.05, 0) is 6.42 Å². The van der Waals surface area contributed by atoms with Gasteiger partial charge in [0.1, 0.15) is 6.54 Å². The summed E-state index contributed by atoms with van der Waals surface area (Å²) >= 11 is 0. The second-order valence-corrected chi connectivity index (χ2v) is 4.25. The smallest absolute Gasteiger partial charge is 0.322 e. The van der Waals surface area contributed by atoms with Gasteiger partial charge in [-0.2, -0.15) is 0 Å². The quantitative estimate of drug-likeness (QED) is 0.549. The summed E-state index contributed by atoms with van der Waals surface area (Å²) in [4.78, 5) is 21.4. The minimum Gasteiger partial charge on any atom is -0.480 e. The summed E-state index contributed by atoms with van der Waals surface area (Å²) in [5.41, 5.74) is 0. The Morgan fingerprint density at radius 3 is 2.24 bits per heavy atom. The van der Waals surface area contributed by atoms with Crippen LogP contribution in [0, 0.1) is 0 Å². The first-order valence-electron chi connectivity index (χ1n) is 7.15. The molecule has 0 aromatic rings. The normalized spacial score (nSPS) is 10.9. The molecule has 0 heterocycles. The van der Waals surface area contributed by atoms with E-state index in [9.17, 15) is 9.59 Å². The lowest BCUT2D eigenvalue weighted by molar-refractivity contribution is -0.137. The maximum atomic E-state index is 11.2. The molecule has 17 heavy (non-hydrogen) atoms. The molecule has 0 aliphatic heterocycles. The number of amides is 1. The molecule has 0 aliphatic carbocycles. The van der Waals surface area contributed by atoms with Crippen molar-refractivity contribution >= 4 is 11.9 Å². The van der Waals surface area contributed by atoms with Crippen molar-refractivity contribution in [2.24, 2.45) is 0 Å². The third-order valence-corrected chi connectivity index (χ3v) is 2.59. The van der Waals surface area contributed by atoms with Crippen LogP contribution in [-0.4, -0.2) is 23.5 Å². The highest BCUT2D eigenvalue weighted by molar-refractivity contribution is 5.80. The van der Waals surface area contributed by atoms with Gasteiger partial charge in [-0.15, -0.1) is 0 Å². The molecule has 0 aromatic heterocycles. The Morgan fingerprint density at radius 2 is 1.65 bits per heavy atom. The van der Waals surface area contributed by atoms with Crippen molar-refractivity contribution in [3.8, 4) is 0 Å². The SMILES string of the molecule is [2H]CCCCCCCCCCC(=O)NCC(=O)O. The van der Waals surface area contributed by atoms with Gasteiger partial charge in [0.2, 0.25) is 5.91 Å². The Hall–Kier alpha value is -1.06. The Bertz CT molecular complexity index is 234. The van der Waals surface area contributed by atoms with Crippen molar-refractivity contribution in [2.75, 3.05) is 6.54 Å². The number of hydrogen-bond acceptors (Lipinski definition) is 2. The average molecular weight is 244 g/mol. The van der Waals surface area contributed by atoms with Gasteiger partial charge in [-0.1, -0.05) is 51.8 Å². The fraction of sp³-hybridized carbons (Fsp3) is 0.846. The third-order valence-electron chi connectivity index (χ3n) is 2.59. The predicted octanol–water partition coefficient (Wildman–Crippen LogP) is 2.72. The van der Waals surface area contributed by atoms with Crippen molar-refractivity contribution in [1.29, 1.82) is 0 Å². The summed E-state index contributed by atoms with van der Waals surface area (Å²) < 4.78 is 7.00. The molecular formula is C13H25NO3. The second kappa shape index (κ2) is 11.4. The van der Waals surface area contributed by atoms with Crippen molar-refractivity contribution in [3.63, 3.8) is 0 Å². The molecule has 0 saturated heterocycles. The van der Waals surface area contributed by atoms with Crippen LogP contribution < -0.4 is 5.32 Å². The average Bonchev–Trinajstić information content (AvgIpc) is 2.34. The number of carbonyl (C=O) groups is 2. The lowest BCUT2D eigenvalue weighted by atomic mass is 10.1. The van der Waals surface area contributed by atoms with Gasteiger partial charge in [0.15, 0.2) is 0 Å². The van der Waals surface area contributed by atoms with E-state index in [0.29, 0.717) is 13.3 Å². The first-order chi connectivity index (χ1) is 8.66. The minimum atomic E-state index is -1.00. The molecule has 0 fully saturated rings. The highest BCUT2D eigenvalue weighted by atomic mass is 16.4. The number of carbonyl (C=O) groups excluding carboxylic acids is 1.